The van der Waals surface area contributed by atoms with E-state index in [0.29, 0.717) is 4.99 Å². The average molecular weight is 283 g/mol. The third-order valence-electron chi connectivity index (χ3n) is 3.54. The van der Waals surface area contributed by atoms with E-state index in [0.717, 1.165) is 34.5 Å². The highest BCUT2D eigenvalue weighted by Gasteiger charge is 2.18. The second-order valence-electron chi connectivity index (χ2n) is 5.06. The molecular formula is C13H21N3S2. The van der Waals surface area contributed by atoms with E-state index < -0.39 is 0 Å². The molecule has 0 unspecified atom stereocenters. The van der Waals surface area contributed by atoms with Gasteiger partial charge in [0.2, 0.25) is 0 Å². The van der Waals surface area contributed by atoms with E-state index >= 15 is 0 Å². The van der Waals surface area contributed by atoms with E-state index in [9.17, 15) is 0 Å². The molecule has 3 nitrogen and oxygen atoms in total. The standard InChI is InChI=1S/C13H21N3S2/c1-3-10-12(13(14)17)18-11(15-10)8-16-6-4-9(2)5-7-16/h9H,3-8H2,1-2H3,(H2,14,17). The maximum Gasteiger partial charge on any atom is 0.116 e. The first-order valence-corrected chi connectivity index (χ1v) is 7.83. The molecule has 18 heavy (non-hydrogen) atoms. The summed E-state index contributed by atoms with van der Waals surface area (Å²) in [6, 6.07) is 0. The van der Waals surface area contributed by atoms with Crippen LogP contribution in [0, 0.1) is 5.92 Å². The first-order chi connectivity index (χ1) is 8.60. The molecule has 0 aromatic carbocycles. The Balaban J connectivity index is 2.03. The minimum absolute atomic E-state index is 0.489. The van der Waals surface area contributed by atoms with E-state index in [4.69, 9.17) is 18.0 Å². The van der Waals surface area contributed by atoms with Crippen LogP contribution in [-0.4, -0.2) is 28.0 Å². The van der Waals surface area contributed by atoms with Crippen molar-refractivity contribution in [3.63, 3.8) is 0 Å². The Kier molecular flexibility index (Phi) is 4.70. The molecule has 1 aromatic heterocycles. The van der Waals surface area contributed by atoms with Gasteiger partial charge in [0.25, 0.3) is 0 Å². The normalized spacial score (nSPS) is 18.1. The predicted molar refractivity (Wildman–Crippen MR) is 81.1 cm³/mol. The number of piperidine rings is 1. The third kappa shape index (κ3) is 3.28. The van der Waals surface area contributed by atoms with Crippen molar-refractivity contribution in [3.05, 3.63) is 15.6 Å². The Labute approximate surface area is 118 Å². The third-order valence-corrected chi connectivity index (χ3v) is 4.98. The van der Waals surface area contributed by atoms with Gasteiger partial charge in [-0.1, -0.05) is 26.1 Å². The quantitative estimate of drug-likeness (QED) is 0.863. The average Bonchev–Trinajstić information content (AvgIpc) is 2.75. The molecule has 1 aliphatic heterocycles. The monoisotopic (exact) mass is 283 g/mol. The molecule has 1 saturated heterocycles. The van der Waals surface area contributed by atoms with Gasteiger partial charge in [-0.3, -0.25) is 4.90 Å². The number of likely N-dealkylation sites (tertiary alicyclic amines) is 1. The minimum atomic E-state index is 0.489. The van der Waals surface area contributed by atoms with E-state index in [2.05, 4.69) is 23.7 Å². The van der Waals surface area contributed by atoms with Gasteiger partial charge in [-0.15, -0.1) is 11.3 Å². The van der Waals surface area contributed by atoms with Crippen LogP contribution in [0.1, 0.15) is 42.3 Å². The van der Waals surface area contributed by atoms with Gasteiger partial charge in [-0.2, -0.15) is 0 Å². The van der Waals surface area contributed by atoms with Crippen LogP contribution in [0.3, 0.4) is 0 Å². The van der Waals surface area contributed by atoms with Crippen molar-refractivity contribution in [1.82, 2.24) is 9.88 Å². The first kappa shape index (κ1) is 13.9. The number of nitrogens with two attached hydrogens (primary N) is 1. The molecule has 0 aliphatic carbocycles. The van der Waals surface area contributed by atoms with Gasteiger partial charge in [0.15, 0.2) is 0 Å². The SMILES string of the molecule is CCc1nc(CN2CCC(C)CC2)sc1C(N)=S. The molecule has 0 atom stereocenters. The topological polar surface area (TPSA) is 42.2 Å². The van der Waals surface area contributed by atoms with Crippen molar-refractivity contribution in [2.75, 3.05) is 13.1 Å². The smallest absolute Gasteiger partial charge is 0.116 e. The molecule has 0 spiro atoms. The van der Waals surface area contributed by atoms with Crippen LogP contribution >= 0.6 is 23.6 Å². The lowest BCUT2D eigenvalue weighted by molar-refractivity contribution is 0.185. The van der Waals surface area contributed by atoms with E-state index in [1.807, 2.05) is 0 Å². The Morgan fingerprint density at radius 3 is 2.67 bits per heavy atom. The number of aromatic nitrogens is 1. The van der Waals surface area contributed by atoms with Crippen LogP contribution in [0.15, 0.2) is 0 Å². The van der Waals surface area contributed by atoms with Gasteiger partial charge in [0.05, 0.1) is 17.1 Å². The van der Waals surface area contributed by atoms with Crippen LogP contribution in [0.5, 0.6) is 0 Å². The molecule has 2 rings (SSSR count). The number of thiazole rings is 1. The maximum absolute atomic E-state index is 5.74. The van der Waals surface area contributed by atoms with Crippen molar-refractivity contribution in [2.45, 2.75) is 39.7 Å². The zero-order chi connectivity index (χ0) is 13.1. The Bertz CT molecular complexity index is 420. The molecule has 0 amide bonds. The molecule has 0 saturated carbocycles. The number of hydrogen-bond donors (Lipinski definition) is 1. The zero-order valence-electron chi connectivity index (χ0n) is 11.1. The molecule has 100 valence electrons. The predicted octanol–water partition coefficient (Wildman–Crippen LogP) is 2.57. The summed E-state index contributed by atoms with van der Waals surface area (Å²) in [6.07, 6.45) is 3.50. The van der Waals surface area contributed by atoms with Crippen LogP contribution in [0.25, 0.3) is 0 Å². The van der Waals surface area contributed by atoms with Gasteiger partial charge in [0, 0.05) is 0 Å². The summed E-state index contributed by atoms with van der Waals surface area (Å²) in [5, 5.41) is 1.16. The lowest BCUT2D eigenvalue weighted by Crippen LogP contribution is -2.32. The van der Waals surface area contributed by atoms with E-state index in [1.165, 1.54) is 25.9 Å². The number of thiocarbonyl (C=S) groups is 1. The van der Waals surface area contributed by atoms with Crippen LogP contribution < -0.4 is 5.73 Å². The number of rotatable bonds is 4. The summed E-state index contributed by atoms with van der Waals surface area (Å²) >= 11 is 6.75. The molecule has 2 N–H and O–H groups in total. The van der Waals surface area contributed by atoms with Crippen LogP contribution in [0.4, 0.5) is 0 Å². The minimum Gasteiger partial charge on any atom is -0.389 e. The fourth-order valence-electron chi connectivity index (χ4n) is 2.31. The fraction of sp³-hybridized carbons (Fsp3) is 0.692. The lowest BCUT2D eigenvalue weighted by Gasteiger charge is -2.29. The molecular weight excluding hydrogens is 262 g/mol. The van der Waals surface area contributed by atoms with Crippen LogP contribution in [0.2, 0.25) is 0 Å². The summed E-state index contributed by atoms with van der Waals surface area (Å²) in [4.78, 5) is 8.66. The van der Waals surface area contributed by atoms with Crippen LogP contribution in [-0.2, 0) is 13.0 Å². The van der Waals surface area contributed by atoms with Crippen molar-refractivity contribution < 1.29 is 0 Å². The highest BCUT2D eigenvalue weighted by Crippen LogP contribution is 2.23. The van der Waals surface area contributed by atoms with Gasteiger partial charge in [-0.05, 0) is 38.3 Å². The summed E-state index contributed by atoms with van der Waals surface area (Å²) in [5.41, 5.74) is 6.81. The molecule has 0 bridgehead atoms. The van der Waals surface area contributed by atoms with E-state index in [-0.39, 0.29) is 0 Å². The number of hydrogen-bond acceptors (Lipinski definition) is 4. The molecule has 1 aromatic rings. The summed E-state index contributed by atoms with van der Waals surface area (Å²) < 4.78 is 0. The number of nitrogens with zero attached hydrogens (tertiary/aromatic N) is 2. The summed E-state index contributed by atoms with van der Waals surface area (Å²) in [6.45, 7) is 7.76. The van der Waals surface area contributed by atoms with Crippen molar-refractivity contribution in [3.8, 4) is 0 Å². The number of aryl methyl sites for hydroxylation is 1. The summed E-state index contributed by atoms with van der Waals surface area (Å²) in [7, 11) is 0. The van der Waals surface area contributed by atoms with Gasteiger partial charge in [0.1, 0.15) is 10.00 Å². The molecule has 1 fully saturated rings. The molecule has 0 radical (unpaired) electrons. The van der Waals surface area contributed by atoms with Crippen molar-refractivity contribution in [1.29, 1.82) is 0 Å². The fourth-order valence-corrected chi connectivity index (χ4v) is 3.60. The second kappa shape index (κ2) is 6.08. The van der Waals surface area contributed by atoms with E-state index in [1.54, 1.807) is 11.3 Å². The highest BCUT2D eigenvalue weighted by atomic mass is 32.1. The van der Waals surface area contributed by atoms with Crippen molar-refractivity contribution >= 4 is 28.5 Å². The Hall–Kier alpha value is -0.520. The van der Waals surface area contributed by atoms with Gasteiger partial charge in [-0.25, -0.2) is 4.98 Å². The first-order valence-electron chi connectivity index (χ1n) is 6.61. The Morgan fingerprint density at radius 1 is 1.50 bits per heavy atom. The lowest BCUT2D eigenvalue weighted by atomic mass is 9.99. The van der Waals surface area contributed by atoms with Crippen molar-refractivity contribution in [2.24, 2.45) is 11.7 Å². The van der Waals surface area contributed by atoms with Gasteiger partial charge >= 0.3 is 0 Å². The maximum atomic E-state index is 5.74. The molecule has 5 heteroatoms. The zero-order valence-corrected chi connectivity index (χ0v) is 12.7. The highest BCUT2D eigenvalue weighted by molar-refractivity contribution is 7.81. The molecule has 1 aliphatic rings. The summed E-state index contributed by atoms with van der Waals surface area (Å²) in [5.74, 6) is 0.871. The second-order valence-corrected chi connectivity index (χ2v) is 6.58. The Morgan fingerprint density at radius 2 is 2.17 bits per heavy atom. The van der Waals surface area contributed by atoms with Gasteiger partial charge < -0.3 is 5.73 Å². The largest absolute Gasteiger partial charge is 0.389 e. The molecule has 2 heterocycles.